The van der Waals surface area contributed by atoms with E-state index in [0.717, 1.165) is 23.4 Å². The van der Waals surface area contributed by atoms with E-state index in [1.54, 1.807) is 18.2 Å². The van der Waals surface area contributed by atoms with E-state index >= 15 is 0 Å². The molecule has 0 aliphatic heterocycles. The van der Waals surface area contributed by atoms with Gasteiger partial charge in [0.25, 0.3) is 0 Å². The SMILES string of the molecule is CC(CCc1ccc(O)cc1)NCc1cc(Cl)ccc1Cl. The zero-order chi connectivity index (χ0) is 15.2. The lowest BCUT2D eigenvalue weighted by Gasteiger charge is -2.15. The van der Waals surface area contributed by atoms with Crippen LogP contribution in [0.1, 0.15) is 24.5 Å². The van der Waals surface area contributed by atoms with Crippen molar-refractivity contribution >= 4 is 23.2 Å². The van der Waals surface area contributed by atoms with Crippen molar-refractivity contribution in [2.24, 2.45) is 0 Å². The van der Waals surface area contributed by atoms with E-state index in [1.165, 1.54) is 5.56 Å². The molecule has 2 aromatic carbocycles. The summed E-state index contributed by atoms with van der Waals surface area (Å²) in [5.74, 6) is 0.306. The summed E-state index contributed by atoms with van der Waals surface area (Å²) >= 11 is 12.1. The molecule has 2 N–H and O–H groups in total. The smallest absolute Gasteiger partial charge is 0.115 e. The van der Waals surface area contributed by atoms with E-state index in [9.17, 15) is 5.11 Å². The molecule has 0 aliphatic rings. The van der Waals surface area contributed by atoms with Gasteiger partial charge in [-0.05, 0) is 61.2 Å². The van der Waals surface area contributed by atoms with Gasteiger partial charge in [0, 0.05) is 22.6 Å². The van der Waals surface area contributed by atoms with Crippen molar-refractivity contribution in [3.8, 4) is 5.75 Å². The second-order valence-electron chi connectivity index (χ2n) is 5.22. The van der Waals surface area contributed by atoms with Gasteiger partial charge in [0.15, 0.2) is 0 Å². The molecule has 0 saturated heterocycles. The molecule has 1 unspecified atom stereocenters. The normalized spacial score (nSPS) is 12.3. The van der Waals surface area contributed by atoms with Crippen molar-refractivity contribution < 1.29 is 5.11 Å². The van der Waals surface area contributed by atoms with Crippen LogP contribution in [-0.4, -0.2) is 11.1 Å². The van der Waals surface area contributed by atoms with Gasteiger partial charge < -0.3 is 10.4 Å². The number of hydrogen-bond donors (Lipinski definition) is 2. The Labute approximate surface area is 135 Å². The highest BCUT2D eigenvalue weighted by molar-refractivity contribution is 6.33. The van der Waals surface area contributed by atoms with Crippen LogP contribution in [0, 0.1) is 0 Å². The number of nitrogens with one attached hydrogen (secondary N) is 1. The minimum atomic E-state index is 0.306. The fraction of sp³-hybridized carbons (Fsp3) is 0.294. The molecule has 0 radical (unpaired) electrons. The van der Waals surface area contributed by atoms with Gasteiger partial charge in [0.1, 0.15) is 5.75 Å². The number of hydrogen-bond acceptors (Lipinski definition) is 2. The van der Waals surface area contributed by atoms with E-state index < -0.39 is 0 Å². The van der Waals surface area contributed by atoms with Crippen molar-refractivity contribution in [3.05, 3.63) is 63.6 Å². The van der Waals surface area contributed by atoms with Crippen LogP contribution in [0.15, 0.2) is 42.5 Å². The lowest BCUT2D eigenvalue weighted by Crippen LogP contribution is -2.26. The van der Waals surface area contributed by atoms with Gasteiger partial charge in [-0.1, -0.05) is 35.3 Å². The third kappa shape index (κ3) is 5.24. The molecule has 2 nitrogen and oxygen atoms in total. The molecule has 1 atom stereocenters. The van der Waals surface area contributed by atoms with Gasteiger partial charge in [-0.3, -0.25) is 0 Å². The van der Waals surface area contributed by atoms with Crippen LogP contribution >= 0.6 is 23.2 Å². The highest BCUT2D eigenvalue weighted by Gasteiger charge is 2.05. The van der Waals surface area contributed by atoms with Gasteiger partial charge >= 0.3 is 0 Å². The third-order valence-electron chi connectivity index (χ3n) is 3.45. The summed E-state index contributed by atoms with van der Waals surface area (Å²) < 4.78 is 0. The van der Waals surface area contributed by atoms with Gasteiger partial charge in [0.2, 0.25) is 0 Å². The summed E-state index contributed by atoms with van der Waals surface area (Å²) in [6, 6.07) is 13.2. The van der Waals surface area contributed by atoms with Gasteiger partial charge in [-0.15, -0.1) is 0 Å². The Kier molecular flexibility index (Phi) is 5.92. The molecular formula is C17H19Cl2NO. The molecule has 2 aromatic rings. The van der Waals surface area contributed by atoms with E-state index in [2.05, 4.69) is 12.2 Å². The zero-order valence-corrected chi connectivity index (χ0v) is 13.5. The summed E-state index contributed by atoms with van der Waals surface area (Å²) in [4.78, 5) is 0. The fourth-order valence-corrected chi connectivity index (χ4v) is 2.49. The van der Waals surface area contributed by atoms with Crippen LogP contribution in [0.2, 0.25) is 10.0 Å². The Morgan fingerprint density at radius 2 is 1.81 bits per heavy atom. The van der Waals surface area contributed by atoms with Gasteiger partial charge in [-0.25, -0.2) is 0 Å². The maximum absolute atomic E-state index is 9.26. The van der Waals surface area contributed by atoms with Crippen LogP contribution < -0.4 is 5.32 Å². The standard InChI is InChI=1S/C17H19Cl2NO/c1-12(2-3-13-4-7-16(21)8-5-13)20-11-14-10-15(18)6-9-17(14)19/h4-10,12,20-21H,2-3,11H2,1H3. The monoisotopic (exact) mass is 323 g/mol. The lowest BCUT2D eigenvalue weighted by molar-refractivity contribution is 0.474. The minimum Gasteiger partial charge on any atom is -0.508 e. The van der Waals surface area contributed by atoms with Crippen LogP contribution in [0.25, 0.3) is 0 Å². The number of rotatable bonds is 6. The molecule has 0 amide bonds. The van der Waals surface area contributed by atoms with E-state index in [1.807, 2.05) is 24.3 Å². The second kappa shape index (κ2) is 7.69. The summed E-state index contributed by atoms with van der Waals surface area (Å²) in [6.45, 7) is 2.86. The topological polar surface area (TPSA) is 32.3 Å². The number of halogens is 2. The average molecular weight is 324 g/mol. The van der Waals surface area contributed by atoms with Crippen LogP contribution in [0.3, 0.4) is 0 Å². The largest absolute Gasteiger partial charge is 0.508 e. The predicted molar refractivity (Wildman–Crippen MR) is 89.2 cm³/mol. The van der Waals surface area contributed by atoms with Crippen molar-refractivity contribution in [1.82, 2.24) is 5.32 Å². The number of aromatic hydroxyl groups is 1. The molecular weight excluding hydrogens is 305 g/mol. The Hall–Kier alpha value is -1.22. The average Bonchev–Trinajstić information content (AvgIpc) is 2.47. The first-order chi connectivity index (χ1) is 10.0. The highest BCUT2D eigenvalue weighted by Crippen LogP contribution is 2.20. The molecule has 0 heterocycles. The molecule has 0 aliphatic carbocycles. The molecule has 0 aromatic heterocycles. The van der Waals surface area contributed by atoms with Crippen molar-refractivity contribution in [3.63, 3.8) is 0 Å². The summed E-state index contributed by atoms with van der Waals surface area (Å²) in [6.07, 6.45) is 1.99. The first-order valence-electron chi connectivity index (χ1n) is 7.00. The number of phenolic OH excluding ortho intramolecular Hbond substituents is 1. The van der Waals surface area contributed by atoms with Crippen molar-refractivity contribution in [2.45, 2.75) is 32.4 Å². The van der Waals surface area contributed by atoms with Gasteiger partial charge in [0.05, 0.1) is 0 Å². The number of aryl methyl sites for hydroxylation is 1. The zero-order valence-electron chi connectivity index (χ0n) is 11.9. The predicted octanol–water partition coefficient (Wildman–Crippen LogP) is 4.81. The molecule has 0 fully saturated rings. The van der Waals surface area contributed by atoms with E-state index in [-0.39, 0.29) is 0 Å². The highest BCUT2D eigenvalue weighted by atomic mass is 35.5. The lowest BCUT2D eigenvalue weighted by atomic mass is 10.1. The summed E-state index contributed by atoms with van der Waals surface area (Å²) in [5, 5.41) is 14.1. The molecule has 0 spiro atoms. The molecule has 0 saturated carbocycles. The molecule has 2 rings (SSSR count). The van der Waals surface area contributed by atoms with Crippen LogP contribution in [0.4, 0.5) is 0 Å². The Morgan fingerprint density at radius 1 is 1.10 bits per heavy atom. The minimum absolute atomic E-state index is 0.306. The third-order valence-corrected chi connectivity index (χ3v) is 4.05. The summed E-state index contributed by atoms with van der Waals surface area (Å²) in [7, 11) is 0. The van der Waals surface area contributed by atoms with E-state index in [4.69, 9.17) is 23.2 Å². The number of phenols is 1. The molecule has 4 heteroatoms. The Balaban J connectivity index is 1.80. The van der Waals surface area contributed by atoms with Crippen LogP contribution in [0.5, 0.6) is 5.75 Å². The van der Waals surface area contributed by atoms with Crippen molar-refractivity contribution in [2.75, 3.05) is 0 Å². The van der Waals surface area contributed by atoms with Crippen LogP contribution in [-0.2, 0) is 13.0 Å². The van der Waals surface area contributed by atoms with Crippen molar-refractivity contribution in [1.29, 1.82) is 0 Å². The first kappa shape index (κ1) is 16.2. The quantitative estimate of drug-likeness (QED) is 0.799. The maximum atomic E-state index is 9.26. The fourth-order valence-electron chi connectivity index (χ4n) is 2.11. The maximum Gasteiger partial charge on any atom is 0.115 e. The Bertz CT molecular complexity index is 584. The van der Waals surface area contributed by atoms with E-state index in [0.29, 0.717) is 23.4 Å². The molecule has 0 bridgehead atoms. The second-order valence-corrected chi connectivity index (χ2v) is 6.07. The molecule has 21 heavy (non-hydrogen) atoms. The Morgan fingerprint density at radius 3 is 2.52 bits per heavy atom. The molecule has 112 valence electrons. The van der Waals surface area contributed by atoms with Gasteiger partial charge in [-0.2, -0.15) is 0 Å². The first-order valence-corrected chi connectivity index (χ1v) is 7.75. The summed E-state index contributed by atoms with van der Waals surface area (Å²) in [5.41, 5.74) is 2.24. The number of benzene rings is 2.